The summed E-state index contributed by atoms with van der Waals surface area (Å²) in [4.78, 5) is 10.7. The van der Waals surface area contributed by atoms with E-state index in [1.165, 1.54) is 26.4 Å². The number of rotatable bonds is 5. The van der Waals surface area contributed by atoms with Gasteiger partial charge in [-0.3, -0.25) is 4.79 Å². The SMILES string of the molecule is COC(=O)CCCNC1CCC1. The number of ether oxygens (including phenoxy) is 1. The minimum absolute atomic E-state index is 0.106. The molecule has 1 aliphatic carbocycles. The van der Waals surface area contributed by atoms with Crippen molar-refractivity contribution < 1.29 is 9.53 Å². The van der Waals surface area contributed by atoms with E-state index in [-0.39, 0.29) is 5.97 Å². The molecule has 0 spiro atoms. The molecule has 0 unspecified atom stereocenters. The van der Waals surface area contributed by atoms with Crippen molar-refractivity contribution in [2.24, 2.45) is 0 Å². The normalized spacial score (nSPS) is 17.1. The average Bonchev–Trinajstić information content (AvgIpc) is 2.00. The van der Waals surface area contributed by atoms with Crippen LogP contribution in [0.1, 0.15) is 32.1 Å². The van der Waals surface area contributed by atoms with Gasteiger partial charge in [-0.1, -0.05) is 6.42 Å². The van der Waals surface area contributed by atoms with Gasteiger partial charge in [-0.25, -0.2) is 0 Å². The zero-order chi connectivity index (χ0) is 8.81. The predicted octanol–water partition coefficient (Wildman–Crippen LogP) is 1.08. The van der Waals surface area contributed by atoms with Crippen molar-refractivity contribution in [1.29, 1.82) is 0 Å². The topological polar surface area (TPSA) is 38.3 Å². The number of methoxy groups -OCH3 is 1. The van der Waals surface area contributed by atoms with Gasteiger partial charge in [0.15, 0.2) is 0 Å². The van der Waals surface area contributed by atoms with Crippen LogP contribution >= 0.6 is 0 Å². The first-order chi connectivity index (χ1) is 5.83. The number of esters is 1. The van der Waals surface area contributed by atoms with Crippen LogP contribution in [-0.2, 0) is 9.53 Å². The zero-order valence-corrected chi connectivity index (χ0v) is 7.64. The largest absolute Gasteiger partial charge is 0.469 e. The Balaban J connectivity index is 1.85. The maximum absolute atomic E-state index is 10.7. The van der Waals surface area contributed by atoms with Crippen molar-refractivity contribution in [2.45, 2.75) is 38.1 Å². The van der Waals surface area contributed by atoms with Crippen LogP contribution < -0.4 is 5.32 Å². The van der Waals surface area contributed by atoms with Gasteiger partial charge in [0.25, 0.3) is 0 Å². The van der Waals surface area contributed by atoms with Gasteiger partial charge in [0.2, 0.25) is 0 Å². The second-order valence-corrected chi connectivity index (χ2v) is 3.26. The molecule has 0 aromatic rings. The van der Waals surface area contributed by atoms with Crippen molar-refractivity contribution in [3.05, 3.63) is 0 Å². The molecule has 1 aliphatic rings. The molecule has 12 heavy (non-hydrogen) atoms. The van der Waals surface area contributed by atoms with E-state index >= 15 is 0 Å². The quantitative estimate of drug-likeness (QED) is 0.497. The van der Waals surface area contributed by atoms with Gasteiger partial charge in [0, 0.05) is 12.5 Å². The first kappa shape index (κ1) is 9.52. The van der Waals surface area contributed by atoms with Crippen molar-refractivity contribution >= 4 is 5.97 Å². The second kappa shape index (κ2) is 5.14. The minimum atomic E-state index is -0.106. The van der Waals surface area contributed by atoms with Gasteiger partial charge < -0.3 is 10.1 Å². The molecule has 0 atom stereocenters. The monoisotopic (exact) mass is 171 g/mol. The lowest BCUT2D eigenvalue weighted by molar-refractivity contribution is -0.140. The van der Waals surface area contributed by atoms with Crippen molar-refractivity contribution in [3.8, 4) is 0 Å². The summed E-state index contributed by atoms with van der Waals surface area (Å²) in [6.07, 6.45) is 5.39. The number of hydrogen-bond donors (Lipinski definition) is 1. The van der Waals surface area contributed by atoms with Crippen molar-refractivity contribution in [3.63, 3.8) is 0 Å². The Kier molecular flexibility index (Phi) is 4.08. The highest BCUT2D eigenvalue weighted by molar-refractivity contribution is 5.69. The number of nitrogens with one attached hydrogen (secondary N) is 1. The van der Waals surface area contributed by atoms with E-state index in [9.17, 15) is 4.79 Å². The highest BCUT2D eigenvalue weighted by Crippen LogP contribution is 2.17. The Hall–Kier alpha value is -0.570. The van der Waals surface area contributed by atoms with Crippen LogP contribution in [0.15, 0.2) is 0 Å². The molecule has 0 amide bonds. The fourth-order valence-electron chi connectivity index (χ4n) is 1.25. The maximum Gasteiger partial charge on any atom is 0.305 e. The highest BCUT2D eigenvalue weighted by atomic mass is 16.5. The fraction of sp³-hybridized carbons (Fsp3) is 0.889. The Labute approximate surface area is 73.5 Å². The van der Waals surface area contributed by atoms with E-state index in [1.54, 1.807) is 0 Å². The van der Waals surface area contributed by atoms with Crippen LogP contribution in [0, 0.1) is 0 Å². The molecule has 3 nitrogen and oxygen atoms in total. The molecule has 0 radical (unpaired) electrons. The first-order valence-corrected chi connectivity index (χ1v) is 4.63. The number of carbonyl (C=O) groups is 1. The van der Waals surface area contributed by atoms with Crippen molar-refractivity contribution in [1.82, 2.24) is 5.32 Å². The smallest absolute Gasteiger partial charge is 0.305 e. The number of hydrogen-bond acceptors (Lipinski definition) is 3. The molecule has 70 valence electrons. The number of carbonyl (C=O) groups excluding carboxylic acids is 1. The first-order valence-electron chi connectivity index (χ1n) is 4.63. The standard InChI is InChI=1S/C9H17NO2/c1-12-9(11)6-3-7-10-8-4-2-5-8/h8,10H,2-7H2,1H3. The lowest BCUT2D eigenvalue weighted by Gasteiger charge is -2.26. The zero-order valence-electron chi connectivity index (χ0n) is 7.64. The van der Waals surface area contributed by atoms with E-state index in [4.69, 9.17) is 0 Å². The van der Waals surface area contributed by atoms with E-state index < -0.39 is 0 Å². The summed E-state index contributed by atoms with van der Waals surface area (Å²) in [5.74, 6) is -0.106. The third kappa shape index (κ3) is 3.22. The molecule has 1 saturated carbocycles. The Morgan fingerprint density at radius 2 is 2.33 bits per heavy atom. The molecular weight excluding hydrogens is 154 g/mol. The van der Waals surface area contributed by atoms with Crippen LogP contribution in [0.3, 0.4) is 0 Å². The summed E-state index contributed by atoms with van der Waals surface area (Å²) >= 11 is 0. The summed E-state index contributed by atoms with van der Waals surface area (Å²) in [6.45, 7) is 0.944. The molecule has 0 heterocycles. The summed E-state index contributed by atoms with van der Waals surface area (Å²) in [6, 6.07) is 0.725. The van der Waals surface area contributed by atoms with Crippen LogP contribution in [-0.4, -0.2) is 25.7 Å². The van der Waals surface area contributed by atoms with Crippen LogP contribution in [0.25, 0.3) is 0 Å². The van der Waals surface area contributed by atoms with Crippen LogP contribution in [0.4, 0.5) is 0 Å². The van der Waals surface area contributed by atoms with Crippen molar-refractivity contribution in [2.75, 3.05) is 13.7 Å². The molecule has 3 heteroatoms. The lowest BCUT2D eigenvalue weighted by Crippen LogP contribution is -2.35. The van der Waals surface area contributed by atoms with Crippen LogP contribution in [0.2, 0.25) is 0 Å². The molecule has 0 aromatic heterocycles. The van der Waals surface area contributed by atoms with Gasteiger partial charge in [-0.2, -0.15) is 0 Å². The third-order valence-corrected chi connectivity index (χ3v) is 2.32. The van der Waals surface area contributed by atoms with Gasteiger partial charge in [0.05, 0.1) is 7.11 Å². The Morgan fingerprint density at radius 1 is 1.58 bits per heavy atom. The molecule has 0 aromatic carbocycles. The average molecular weight is 171 g/mol. The van der Waals surface area contributed by atoms with Crippen LogP contribution in [0.5, 0.6) is 0 Å². The Morgan fingerprint density at radius 3 is 2.83 bits per heavy atom. The fourth-order valence-corrected chi connectivity index (χ4v) is 1.25. The van der Waals surface area contributed by atoms with Gasteiger partial charge in [-0.05, 0) is 25.8 Å². The summed E-state index contributed by atoms with van der Waals surface area (Å²) in [5, 5.41) is 3.39. The van der Waals surface area contributed by atoms with Gasteiger partial charge in [0.1, 0.15) is 0 Å². The molecule has 1 N–H and O–H groups in total. The lowest BCUT2D eigenvalue weighted by atomic mass is 9.93. The second-order valence-electron chi connectivity index (χ2n) is 3.26. The maximum atomic E-state index is 10.7. The van der Waals surface area contributed by atoms with E-state index in [0.717, 1.165) is 19.0 Å². The summed E-state index contributed by atoms with van der Waals surface area (Å²) < 4.78 is 4.53. The molecule has 0 saturated heterocycles. The van der Waals surface area contributed by atoms with Gasteiger partial charge in [-0.15, -0.1) is 0 Å². The highest BCUT2D eigenvalue weighted by Gasteiger charge is 2.15. The Bertz CT molecular complexity index is 143. The molecular formula is C9H17NO2. The molecule has 1 fully saturated rings. The molecule has 0 aliphatic heterocycles. The summed E-state index contributed by atoms with van der Waals surface area (Å²) in [7, 11) is 1.43. The minimum Gasteiger partial charge on any atom is -0.469 e. The molecule has 0 bridgehead atoms. The third-order valence-electron chi connectivity index (χ3n) is 2.32. The van der Waals surface area contributed by atoms with E-state index in [2.05, 4.69) is 10.1 Å². The predicted molar refractivity (Wildman–Crippen MR) is 46.9 cm³/mol. The van der Waals surface area contributed by atoms with E-state index in [0.29, 0.717) is 6.42 Å². The molecule has 1 rings (SSSR count). The van der Waals surface area contributed by atoms with E-state index in [1.807, 2.05) is 0 Å². The van der Waals surface area contributed by atoms with Gasteiger partial charge >= 0.3 is 5.97 Å². The summed E-state index contributed by atoms with van der Waals surface area (Å²) in [5.41, 5.74) is 0.